The number of rotatable bonds is 3. The Labute approximate surface area is 198 Å². The fourth-order valence-electron chi connectivity index (χ4n) is 4.26. The Bertz CT molecular complexity index is 1280. The molecule has 0 radical (unpaired) electrons. The van der Waals surface area contributed by atoms with Crippen molar-refractivity contribution in [1.29, 1.82) is 0 Å². The van der Waals surface area contributed by atoms with Gasteiger partial charge in [-0.2, -0.15) is 14.8 Å². The fraction of sp³-hybridized carbons (Fsp3) is 0.364. The maximum absolute atomic E-state index is 14.4. The van der Waals surface area contributed by atoms with Gasteiger partial charge in [0.2, 0.25) is 5.95 Å². The maximum atomic E-state index is 14.4. The van der Waals surface area contributed by atoms with Gasteiger partial charge in [0.25, 0.3) is 0 Å². The van der Waals surface area contributed by atoms with E-state index >= 15 is 0 Å². The predicted molar refractivity (Wildman–Crippen MR) is 120 cm³/mol. The van der Waals surface area contributed by atoms with Crippen LogP contribution in [0.1, 0.15) is 29.7 Å². The van der Waals surface area contributed by atoms with Crippen molar-refractivity contribution < 1.29 is 18.0 Å². The van der Waals surface area contributed by atoms with E-state index in [1.807, 2.05) is 4.90 Å². The van der Waals surface area contributed by atoms with Gasteiger partial charge in [0.1, 0.15) is 23.3 Å². The third-order valence-electron chi connectivity index (χ3n) is 5.92. The Morgan fingerprint density at radius 3 is 2.37 bits per heavy atom. The first-order valence-corrected chi connectivity index (χ1v) is 11.0. The number of hydrogen-bond acceptors (Lipinski definition) is 7. The Morgan fingerprint density at radius 2 is 1.71 bits per heavy atom. The average Bonchev–Trinajstić information content (AvgIpc) is 3.44. The number of amides is 2. The normalized spacial score (nSPS) is 18.0. The second-order valence-electron chi connectivity index (χ2n) is 8.31. The van der Waals surface area contributed by atoms with E-state index < -0.39 is 23.5 Å². The molecule has 1 saturated heterocycles. The molecular formula is C22H22F3N9O. The number of aryl methyl sites for hydroxylation is 2. The minimum absolute atomic E-state index is 0.00294. The average molecular weight is 485 g/mol. The summed E-state index contributed by atoms with van der Waals surface area (Å²) in [6.07, 6.45) is 3.01. The molecule has 4 heterocycles. The number of aromatic nitrogens is 5. The van der Waals surface area contributed by atoms with Crippen LogP contribution in [0.15, 0.2) is 29.5 Å². The lowest BCUT2D eigenvalue weighted by atomic mass is 10.0. The van der Waals surface area contributed by atoms with Gasteiger partial charge in [-0.3, -0.25) is 0 Å². The van der Waals surface area contributed by atoms with Gasteiger partial charge >= 0.3 is 6.03 Å². The van der Waals surface area contributed by atoms with E-state index in [0.717, 1.165) is 12.3 Å². The minimum atomic E-state index is -0.706. The monoisotopic (exact) mass is 485 g/mol. The SMILES string of the molecule is Cc1nc(C)n(-c2nc(N3CCN(C(=O)N4N=CC[C@H]4c4cc(F)cc(F)c4)CC3)ncc2F)n1. The molecule has 2 aliphatic rings. The smallest absolute Gasteiger partial charge is 0.337 e. The molecule has 0 unspecified atom stereocenters. The van der Waals surface area contributed by atoms with Crippen LogP contribution >= 0.6 is 0 Å². The predicted octanol–water partition coefficient (Wildman–Crippen LogP) is 2.77. The van der Waals surface area contributed by atoms with E-state index in [1.54, 1.807) is 25.0 Å². The van der Waals surface area contributed by atoms with Crippen LogP contribution < -0.4 is 4.90 Å². The summed E-state index contributed by atoms with van der Waals surface area (Å²) in [4.78, 5) is 29.2. The number of urea groups is 1. The molecule has 35 heavy (non-hydrogen) atoms. The first kappa shape index (κ1) is 22.7. The van der Waals surface area contributed by atoms with Gasteiger partial charge in [0.15, 0.2) is 11.6 Å². The summed E-state index contributed by atoms with van der Waals surface area (Å²) in [5.41, 5.74) is 0.345. The summed E-state index contributed by atoms with van der Waals surface area (Å²) < 4.78 is 43.2. The largest absolute Gasteiger partial charge is 0.341 e. The number of carbonyl (C=O) groups excluding carboxylic acids is 1. The highest BCUT2D eigenvalue weighted by molar-refractivity contribution is 5.78. The minimum Gasteiger partial charge on any atom is -0.337 e. The first-order chi connectivity index (χ1) is 16.8. The maximum Gasteiger partial charge on any atom is 0.341 e. The van der Waals surface area contributed by atoms with Gasteiger partial charge in [-0.15, -0.1) is 5.10 Å². The zero-order chi connectivity index (χ0) is 24.7. The van der Waals surface area contributed by atoms with Crippen LogP contribution in [0.25, 0.3) is 5.82 Å². The quantitative estimate of drug-likeness (QED) is 0.566. The number of anilines is 1. The highest BCUT2D eigenvalue weighted by atomic mass is 19.1. The molecular weight excluding hydrogens is 463 g/mol. The van der Waals surface area contributed by atoms with Crippen molar-refractivity contribution in [1.82, 2.24) is 34.6 Å². The summed E-state index contributed by atoms with van der Waals surface area (Å²) in [6, 6.07) is 2.27. The molecule has 0 bridgehead atoms. The van der Waals surface area contributed by atoms with E-state index in [2.05, 4.69) is 25.2 Å². The second-order valence-corrected chi connectivity index (χ2v) is 8.31. The van der Waals surface area contributed by atoms with Crippen LogP contribution in [0.2, 0.25) is 0 Å². The topological polar surface area (TPSA) is 95.6 Å². The molecule has 2 amide bonds. The Hall–Kier alpha value is -4.03. The van der Waals surface area contributed by atoms with Crippen LogP contribution in [0.5, 0.6) is 0 Å². The van der Waals surface area contributed by atoms with Crippen LogP contribution in [0.4, 0.5) is 23.9 Å². The molecule has 0 spiro atoms. The molecule has 5 rings (SSSR count). The lowest BCUT2D eigenvalue weighted by molar-refractivity contribution is 0.139. The Balaban J connectivity index is 1.28. The third-order valence-corrected chi connectivity index (χ3v) is 5.92. The lowest BCUT2D eigenvalue weighted by Gasteiger charge is -2.37. The number of hydrazone groups is 1. The fourth-order valence-corrected chi connectivity index (χ4v) is 4.26. The summed E-state index contributed by atoms with van der Waals surface area (Å²) in [7, 11) is 0. The summed E-state index contributed by atoms with van der Waals surface area (Å²) in [5, 5.41) is 9.59. The van der Waals surface area contributed by atoms with Crippen molar-refractivity contribution in [3.8, 4) is 5.82 Å². The number of carbonyl (C=O) groups is 1. The lowest BCUT2D eigenvalue weighted by Crippen LogP contribution is -2.52. The Kier molecular flexibility index (Phi) is 5.83. The number of nitrogens with zero attached hydrogens (tertiary/aromatic N) is 9. The van der Waals surface area contributed by atoms with E-state index in [0.29, 0.717) is 55.8 Å². The standard InChI is InChI=1S/C22H22F3N9O/c1-13-28-14(2)33(30-13)20-18(25)12-26-21(29-20)31-5-7-32(8-6-31)22(35)34-19(3-4-27-34)15-9-16(23)11-17(24)10-15/h4,9-12,19H,3,5-8H2,1-2H3/t19-/m0/s1. The summed E-state index contributed by atoms with van der Waals surface area (Å²) >= 11 is 0. The van der Waals surface area contributed by atoms with Gasteiger partial charge in [-0.1, -0.05) is 0 Å². The van der Waals surface area contributed by atoms with Crippen LogP contribution in [-0.4, -0.2) is 73.1 Å². The molecule has 2 aliphatic heterocycles. The number of halogens is 3. The van der Waals surface area contributed by atoms with Crippen molar-refractivity contribution in [3.63, 3.8) is 0 Å². The van der Waals surface area contributed by atoms with Crippen LogP contribution in [0.3, 0.4) is 0 Å². The van der Waals surface area contributed by atoms with Crippen LogP contribution in [0, 0.1) is 31.3 Å². The van der Waals surface area contributed by atoms with Gasteiger partial charge in [0.05, 0.1) is 12.2 Å². The van der Waals surface area contributed by atoms with E-state index in [4.69, 9.17) is 0 Å². The van der Waals surface area contributed by atoms with Crippen molar-refractivity contribution in [3.05, 3.63) is 59.1 Å². The zero-order valence-corrected chi connectivity index (χ0v) is 19.1. The molecule has 1 atom stereocenters. The molecule has 1 fully saturated rings. The molecule has 0 aliphatic carbocycles. The molecule has 2 aromatic heterocycles. The van der Waals surface area contributed by atoms with Crippen molar-refractivity contribution in [2.75, 3.05) is 31.1 Å². The van der Waals surface area contributed by atoms with Gasteiger partial charge < -0.3 is 9.80 Å². The van der Waals surface area contributed by atoms with E-state index in [1.165, 1.54) is 21.8 Å². The summed E-state index contributed by atoms with van der Waals surface area (Å²) in [6.45, 7) is 4.91. The van der Waals surface area contributed by atoms with E-state index in [9.17, 15) is 18.0 Å². The zero-order valence-electron chi connectivity index (χ0n) is 19.1. The highest BCUT2D eigenvalue weighted by Gasteiger charge is 2.34. The van der Waals surface area contributed by atoms with Gasteiger partial charge in [0, 0.05) is 44.9 Å². The molecule has 0 N–H and O–H groups in total. The number of piperazine rings is 1. The molecule has 10 nitrogen and oxygen atoms in total. The number of hydrogen-bond donors (Lipinski definition) is 0. The third kappa shape index (κ3) is 4.40. The molecule has 13 heteroatoms. The molecule has 0 saturated carbocycles. The van der Waals surface area contributed by atoms with E-state index in [-0.39, 0.29) is 11.8 Å². The first-order valence-electron chi connectivity index (χ1n) is 11.0. The van der Waals surface area contributed by atoms with Gasteiger partial charge in [-0.25, -0.2) is 32.9 Å². The second kappa shape index (κ2) is 8.96. The van der Waals surface area contributed by atoms with Crippen molar-refractivity contribution in [2.45, 2.75) is 26.3 Å². The number of benzene rings is 1. The highest BCUT2D eigenvalue weighted by Crippen LogP contribution is 2.30. The van der Waals surface area contributed by atoms with Gasteiger partial charge in [-0.05, 0) is 31.5 Å². The Morgan fingerprint density at radius 1 is 1.00 bits per heavy atom. The van der Waals surface area contributed by atoms with Crippen molar-refractivity contribution in [2.24, 2.45) is 5.10 Å². The van der Waals surface area contributed by atoms with Crippen LogP contribution in [-0.2, 0) is 0 Å². The molecule has 182 valence electrons. The van der Waals surface area contributed by atoms with Crippen molar-refractivity contribution >= 4 is 18.2 Å². The molecule has 1 aromatic carbocycles. The molecule has 3 aromatic rings. The summed E-state index contributed by atoms with van der Waals surface area (Å²) in [5.74, 6) is -0.720.